The van der Waals surface area contributed by atoms with E-state index in [9.17, 15) is 0 Å². The minimum Gasteiger partial charge on any atom is -0.370 e. The van der Waals surface area contributed by atoms with Gasteiger partial charge >= 0.3 is 0 Å². The summed E-state index contributed by atoms with van der Waals surface area (Å²) in [5.74, 6) is 1.39. The molecule has 2 aliphatic rings. The van der Waals surface area contributed by atoms with Gasteiger partial charge in [-0.05, 0) is 55.8 Å². The van der Waals surface area contributed by atoms with Crippen LogP contribution in [0.25, 0.3) is 0 Å². The Labute approximate surface area is 156 Å². The molecule has 23 heavy (non-hydrogen) atoms. The van der Waals surface area contributed by atoms with Crippen molar-refractivity contribution in [3.63, 3.8) is 0 Å². The summed E-state index contributed by atoms with van der Waals surface area (Å²) in [5, 5.41) is 3.26. The van der Waals surface area contributed by atoms with E-state index in [1.807, 2.05) is 0 Å². The summed E-state index contributed by atoms with van der Waals surface area (Å²) in [6.07, 6.45) is 6.70. The van der Waals surface area contributed by atoms with E-state index in [4.69, 9.17) is 5.73 Å². The van der Waals surface area contributed by atoms with Crippen LogP contribution in [0.2, 0.25) is 0 Å². The normalized spacial score (nSPS) is 19.2. The molecule has 3 rings (SSSR count). The van der Waals surface area contributed by atoms with Gasteiger partial charge in [0.1, 0.15) is 0 Å². The highest BCUT2D eigenvalue weighted by Crippen LogP contribution is 2.25. The second kappa shape index (κ2) is 9.47. The van der Waals surface area contributed by atoms with Crippen LogP contribution in [0.5, 0.6) is 0 Å². The predicted octanol–water partition coefficient (Wildman–Crippen LogP) is 3.10. The van der Waals surface area contributed by atoms with E-state index in [0.717, 1.165) is 19.0 Å². The average Bonchev–Trinajstić information content (AvgIpc) is 2.98. The summed E-state index contributed by atoms with van der Waals surface area (Å²) in [5.41, 5.74) is 8.67. The lowest BCUT2D eigenvalue weighted by Crippen LogP contribution is -2.37. The van der Waals surface area contributed by atoms with E-state index in [2.05, 4.69) is 39.5 Å². The van der Waals surface area contributed by atoms with E-state index in [1.165, 1.54) is 56.3 Å². The number of hydrogen-bond acceptors (Lipinski definition) is 2. The van der Waals surface area contributed by atoms with Crippen LogP contribution < -0.4 is 11.1 Å². The van der Waals surface area contributed by atoms with Crippen molar-refractivity contribution < 1.29 is 0 Å². The Bertz CT molecular complexity index is 507. The number of guanidine groups is 1. The van der Waals surface area contributed by atoms with Gasteiger partial charge in [-0.15, -0.1) is 24.0 Å². The van der Waals surface area contributed by atoms with E-state index in [0.29, 0.717) is 12.5 Å². The number of nitrogens with zero attached hydrogens (tertiary/aromatic N) is 2. The van der Waals surface area contributed by atoms with Gasteiger partial charge in [0.25, 0.3) is 0 Å². The molecule has 1 heterocycles. The molecule has 1 saturated carbocycles. The van der Waals surface area contributed by atoms with Gasteiger partial charge in [-0.2, -0.15) is 0 Å². The minimum atomic E-state index is 0. The summed E-state index contributed by atoms with van der Waals surface area (Å²) in [6, 6.07) is 8.61. The molecule has 2 fully saturated rings. The fraction of sp³-hybridized carbons (Fsp3) is 0.611. The number of nitrogens with two attached hydrogens (primary N) is 1. The number of aliphatic imine (C=N–C) groups is 1. The van der Waals surface area contributed by atoms with Crippen LogP contribution in [-0.2, 0) is 13.1 Å². The topological polar surface area (TPSA) is 53.6 Å². The third kappa shape index (κ3) is 5.64. The molecule has 0 amide bonds. The second-order valence-electron chi connectivity index (χ2n) is 6.63. The Balaban J connectivity index is 0.00000192. The molecule has 0 unspecified atom stereocenters. The Morgan fingerprint density at radius 2 is 1.83 bits per heavy atom. The second-order valence-corrected chi connectivity index (χ2v) is 6.63. The molecule has 0 atom stereocenters. The van der Waals surface area contributed by atoms with Crippen LogP contribution in [0.1, 0.15) is 43.2 Å². The molecule has 5 heteroatoms. The first-order valence-corrected chi connectivity index (χ1v) is 8.64. The predicted molar refractivity (Wildman–Crippen MR) is 107 cm³/mol. The molecule has 4 nitrogen and oxygen atoms in total. The fourth-order valence-corrected chi connectivity index (χ4v) is 3.22. The molecular formula is C18H29IN4. The van der Waals surface area contributed by atoms with E-state index in [-0.39, 0.29) is 24.0 Å². The molecule has 128 valence electrons. The third-order valence-electron chi connectivity index (χ3n) is 4.93. The summed E-state index contributed by atoms with van der Waals surface area (Å²) >= 11 is 0. The molecule has 3 N–H and O–H groups in total. The van der Waals surface area contributed by atoms with Crippen molar-refractivity contribution in [3.05, 3.63) is 35.4 Å². The number of halogens is 1. The Kier molecular flexibility index (Phi) is 7.62. The molecule has 1 aromatic rings. The number of rotatable bonds is 6. The van der Waals surface area contributed by atoms with Crippen LogP contribution in [0.3, 0.4) is 0 Å². The summed E-state index contributed by atoms with van der Waals surface area (Å²) in [4.78, 5) is 7.05. The zero-order valence-electron chi connectivity index (χ0n) is 13.8. The number of nitrogens with one attached hydrogen (secondary N) is 1. The summed E-state index contributed by atoms with van der Waals surface area (Å²) in [7, 11) is 0. The van der Waals surface area contributed by atoms with E-state index >= 15 is 0 Å². The van der Waals surface area contributed by atoms with Crippen LogP contribution in [0, 0.1) is 5.92 Å². The van der Waals surface area contributed by atoms with E-state index < -0.39 is 0 Å². The highest BCUT2D eigenvalue weighted by Gasteiger charge is 2.17. The molecule has 1 saturated heterocycles. The maximum atomic E-state index is 5.99. The number of benzene rings is 1. The summed E-state index contributed by atoms with van der Waals surface area (Å²) < 4.78 is 0. The zero-order chi connectivity index (χ0) is 15.2. The lowest BCUT2D eigenvalue weighted by atomic mass is 9.85. The van der Waals surface area contributed by atoms with Gasteiger partial charge < -0.3 is 11.1 Å². The molecular weight excluding hydrogens is 399 g/mol. The molecule has 0 spiro atoms. The SMILES string of the molecule is I.NC(=NCc1ccccc1CN1CCCC1)NCC1CCC1. The van der Waals surface area contributed by atoms with Crippen molar-refractivity contribution in [1.29, 1.82) is 0 Å². The maximum absolute atomic E-state index is 5.99. The first-order chi connectivity index (χ1) is 10.8. The third-order valence-corrected chi connectivity index (χ3v) is 4.93. The fourth-order valence-electron chi connectivity index (χ4n) is 3.22. The molecule has 1 aromatic carbocycles. The van der Waals surface area contributed by atoms with Crippen molar-refractivity contribution in [2.45, 2.75) is 45.2 Å². The lowest BCUT2D eigenvalue weighted by molar-refractivity contribution is 0.315. The monoisotopic (exact) mass is 428 g/mol. The maximum Gasteiger partial charge on any atom is 0.188 e. The Hall–Kier alpha value is -0.820. The first-order valence-electron chi connectivity index (χ1n) is 8.64. The molecule has 1 aliphatic heterocycles. The quantitative estimate of drug-likeness (QED) is 0.416. The smallest absolute Gasteiger partial charge is 0.188 e. The van der Waals surface area contributed by atoms with Crippen LogP contribution >= 0.6 is 24.0 Å². The molecule has 1 aliphatic carbocycles. The van der Waals surface area contributed by atoms with Gasteiger partial charge in [0, 0.05) is 13.1 Å². The van der Waals surface area contributed by atoms with Gasteiger partial charge in [-0.25, -0.2) is 4.99 Å². The first kappa shape index (κ1) is 18.5. The molecule has 0 radical (unpaired) electrons. The van der Waals surface area contributed by atoms with Crippen molar-refractivity contribution in [2.24, 2.45) is 16.6 Å². The Morgan fingerprint density at radius 3 is 2.48 bits per heavy atom. The van der Waals surface area contributed by atoms with E-state index in [1.54, 1.807) is 0 Å². The van der Waals surface area contributed by atoms with Crippen molar-refractivity contribution in [3.8, 4) is 0 Å². The van der Waals surface area contributed by atoms with Gasteiger partial charge in [0.05, 0.1) is 6.54 Å². The Morgan fingerprint density at radius 1 is 1.13 bits per heavy atom. The van der Waals surface area contributed by atoms with Gasteiger partial charge in [-0.1, -0.05) is 30.7 Å². The molecule has 0 bridgehead atoms. The minimum absolute atomic E-state index is 0. The van der Waals surface area contributed by atoms with Crippen molar-refractivity contribution in [2.75, 3.05) is 19.6 Å². The standard InChI is InChI=1S/C18H28N4.HI/c19-18(20-12-15-6-5-7-15)21-13-16-8-1-2-9-17(16)14-22-10-3-4-11-22;/h1-2,8-9,15H,3-7,10-14H2,(H3,19,20,21);1H. The highest BCUT2D eigenvalue weighted by molar-refractivity contribution is 14.0. The van der Waals surface area contributed by atoms with Gasteiger partial charge in [0.2, 0.25) is 0 Å². The van der Waals surface area contributed by atoms with Gasteiger partial charge in [-0.3, -0.25) is 4.90 Å². The number of likely N-dealkylation sites (tertiary alicyclic amines) is 1. The zero-order valence-corrected chi connectivity index (χ0v) is 16.2. The molecule has 0 aromatic heterocycles. The average molecular weight is 428 g/mol. The van der Waals surface area contributed by atoms with Crippen LogP contribution in [0.15, 0.2) is 29.3 Å². The van der Waals surface area contributed by atoms with Crippen molar-refractivity contribution in [1.82, 2.24) is 10.2 Å². The van der Waals surface area contributed by atoms with Crippen molar-refractivity contribution >= 4 is 29.9 Å². The highest BCUT2D eigenvalue weighted by atomic mass is 127. The number of hydrogen-bond donors (Lipinski definition) is 2. The summed E-state index contributed by atoms with van der Waals surface area (Å²) in [6.45, 7) is 5.14. The largest absolute Gasteiger partial charge is 0.370 e. The van der Waals surface area contributed by atoms with Crippen LogP contribution in [-0.4, -0.2) is 30.5 Å². The van der Waals surface area contributed by atoms with Crippen LogP contribution in [0.4, 0.5) is 0 Å². The van der Waals surface area contributed by atoms with Gasteiger partial charge in [0.15, 0.2) is 5.96 Å². The lowest BCUT2D eigenvalue weighted by Gasteiger charge is -2.25.